The van der Waals surface area contributed by atoms with E-state index < -0.39 is 45.0 Å². The highest BCUT2D eigenvalue weighted by molar-refractivity contribution is 7.89. The quantitative estimate of drug-likeness (QED) is 0.845. The van der Waals surface area contributed by atoms with Gasteiger partial charge in [-0.05, 0) is 23.8 Å². The number of halogens is 2. The second-order valence-electron chi connectivity index (χ2n) is 4.76. The number of nitrogens with one attached hydrogen (secondary N) is 1. The molecule has 0 aliphatic rings. The summed E-state index contributed by atoms with van der Waals surface area (Å²) < 4.78 is 53.5. The Hall–Kier alpha value is -2.32. The second-order valence-corrected chi connectivity index (χ2v) is 6.44. The summed E-state index contributed by atoms with van der Waals surface area (Å²) in [6.45, 7) is 0. The van der Waals surface area contributed by atoms with Crippen LogP contribution in [-0.4, -0.2) is 19.5 Å². The lowest BCUT2D eigenvalue weighted by Gasteiger charge is -2.17. The lowest BCUT2D eigenvalue weighted by Crippen LogP contribution is -2.31. The van der Waals surface area contributed by atoms with E-state index in [1.807, 2.05) is 0 Å². The molecule has 0 amide bonds. The van der Waals surface area contributed by atoms with Crippen molar-refractivity contribution >= 4 is 16.0 Å². The topological polar surface area (TPSA) is 83.5 Å². The molecule has 0 heterocycles. The van der Waals surface area contributed by atoms with E-state index >= 15 is 0 Å². The number of carboxylic acid groups (broad SMARTS) is 1. The van der Waals surface area contributed by atoms with Crippen molar-refractivity contribution in [2.45, 2.75) is 17.4 Å². The maximum Gasteiger partial charge on any atom is 0.305 e. The number of hydrogen-bond donors (Lipinski definition) is 2. The third-order valence-electron chi connectivity index (χ3n) is 3.06. The molecule has 0 spiro atoms. The van der Waals surface area contributed by atoms with Crippen molar-refractivity contribution in [1.82, 2.24) is 4.72 Å². The van der Waals surface area contributed by atoms with Gasteiger partial charge in [0.05, 0.1) is 12.5 Å². The molecule has 2 N–H and O–H groups in total. The molecule has 0 bridgehead atoms. The van der Waals surface area contributed by atoms with Crippen LogP contribution < -0.4 is 4.72 Å². The largest absolute Gasteiger partial charge is 0.481 e. The molecular formula is C15H13F2NO4S. The monoisotopic (exact) mass is 341 g/mol. The van der Waals surface area contributed by atoms with Crippen LogP contribution >= 0.6 is 0 Å². The molecule has 23 heavy (non-hydrogen) atoms. The van der Waals surface area contributed by atoms with Crippen molar-refractivity contribution in [2.24, 2.45) is 0 Å². The fraction of sp³-hybridized carbons (Fsp3) is 0.133. The zero-order chi connectivity index (χ0) is 17.0. The van der Waals surface area contributed by atoms with Crippen LogP contribution in [0.4, 0.5) is 8.78 Å². The van der Waals surface area contributed by atoms with Crippen LogP contribution in [0.15, 0.2) is 53.4 Å². The summed E-state index contributed by atoms with van der Waals surface area (Å²) in [5, 5.41) is 8.94. The first-order valence-electron chi connectivity index (χ1n) is 6.54. The lowest BCUT2D eigenvalue weighted by molar-refractivity contribution is -0.137. The molecule has 0 fully saturated rings. The molecule has 0 saturated carbocycles. The van der Waals surface area contributed by atoms with E-state index in [0.717, 1.165) is 6.07 Å². The van der Waals surface area contributed by atoms with Crippen molar-refractivity contribution in [1.29, 1.82) is 0 Å². The van der Waals surface area contributed by atoms with Crippen LogP contribution in [0.5, 0.6) is 0 Å². The summed E-state index contributed by atoms with van der Waals surface area (Å²) in [5.41, 5.74) is 0.398. The van der Waals surface area contributed by atoms with E-state index in [0.29, 0.717) is 17.7 Å². The molecule has 2 aromatic rings. The number of rotatable bonds is 6. The maximum atomic E-state index is 13.7. The van der Waals surface area contributed by atoms with Crippen LogP contribution in [0, 0.1) is 11.6 Å². The van der Waals surface area contributed by atoms with E-state index in [4.69, 9.17) is 5.11 Å². The molecule has 0 radical (unpaired) electrons. The Labute approximate surface area is 131 Å². The molecule has 1 atom stereocenters. The molecule has 122 valence electrons. The van der Waals surface area contributed by atoms with Crippen LogP contribution in [0.3, 0.4) is 0 Å². The molecular weight excluding hydrogens is 328 g/mol. The van der Waals surface area contributed by atoms with Gasteiger partial charge in [0.2, 0.25) is 10.0 Å². The fourth-order valence-electron chi connectivity index (χ4n) is 2.02. The minimum absolute atomic E-state index is 0.398. The Morgan fingerprint density at radius 2 is 1.78 bits per heavy atom. The van der Waals surface area contributed by atoms with Gasteiger partial charge >= 0.3 is 5.97 Å². The molecule has 2 aromatic carbocycles. The van der Waals surface area contributed by atoms with E-state index in [1.165, 1.54) is 12.1 Å². The van der Waals surface area contributed by atoms with Gasteiger partial charge in [0.25, 0.3) is 0 Å². The SMILES string of the molecule is O=C(O)C[C@H](NS(=O)(=O)c1cc(F)ccc1F)c1ccccc1. The van der Waals surface area contributed by atoms with Gasteiger partial charge < -0.3 is 5.11 Å². The summed E-state index contributed by atoms with van der Waals surface area (Å²) in [7, 11) is -4.43. The van der Waals surface area contributed by atoms with Crippen LogP contribution in [0.1, 0.15) is 18.0 Å². The Kier molecular flexibility index (Phi) is 5.07. The third kappa shape index (κ3) is 4.33. The normalized spacial score (nSPS) is 12.8. The van der Waals surface area contributed by atoms with Gasteiger partial charge in [-0.2, -0.15) is 0 Å². The number of sulfonamides is 1. The van der Waals surface area contributed by atoms with Crippen LogP contribution in [-0.2, 0) is 14.8 Å². The van der Waals surface area contributed by atoms with E-state index in [-0.39, 0.29) is 0 Å². The molecule has 0 aliphatic carbocycles. The Morgan fingerprint density at radius 1 is 1.13 bits per heavy atom. The third-order valence-corrected chi connectivity index (χ3v) is 4.55. The van der Waals surface area contributed by atoms with Crippen molar-refractivity contribution in [3.05, 3.63) is 65.7 Å². The molecule has 2 rings (SSSR count). The molecule has 0 aromatic heterocycles. The zero-order valence-electron chi connectivity index (χ0n) is 11.7. The highest BCUT2D eigenvalue weighted by Gasteiger charge is 2.26. The molecule has 0 aliphatic heterocycles. The minimum Gasteiger partial charge on any atom is -0.481 e. The van der Waals surface area contributed by atoms with Gasteiger partial charge in [0.1, 0.15) is 16.5 Å². The highest BCUT2D eigenvalue weighted by atomic mass is 32.2. The first-order valence-corrected chi connectivity index (χ1v) is 8.02. The molecule has 0 unspecified atom stereocenters. The maximum absolute atomic E-state index is 13.7. The predicted octanol–water partition coefficient (Wildman–Crippen LogP) is 2.46. The van der Waals surface area contributed by atoms with Crippen molar-refractivity contribution in [3.8, 4) is 0 Å². The first-order chi connectivity index (χ1) is 10.8. The number of carboxylic acids is 1. The molecule has 8 heteroatoms. The van der Waals surface area contributed by atoms with Gasteiger partial charge in [-0.15, -0.1) is 0 Å². The number of aliphatic carboxylic acids is 1. The number of benzene rings is 2. The van der Waals surface area contributed by atoms with Crippen LogP contribution in [0.25, 0.3) is 0 Å². The van der Waals surface area contributed by atoms with Crippen molar-refractivity contribution in [2.75, 3.05) is 0 Å². The van der Waals surface area contributed by atoms with Gasteiger partial charge in [-0.25, -0.2) is 21.9 Å². The summed E-state index contributed by atoms with van der Waals surface area (Å²) in [4.78, 5) is 10.1. The van der Waals surface area contributed by atoms with Gasteiger partial charge in [0, 0.05) is 0 Å². The average molecular weight is 341 g/mol. The fourth-order valence-corrected chi connectivity index (χ4v) is 3.33. The van der Waals surface area contributed by atoms with Crippen molar-refractivity contribution < 1.29 is 27.1 Å². The second kappa shape index (κ2) is 6.84. The minimum atomic E-state index is -4.43. The predicted molar refractivity (Wildman–Crippen MR) is 78.1 cm³/mol. The Bertz CT molecular complexity index is 809. The van der Waals surface area contributed by atoms with Gasteiger partial charge in [-0.3, -0.25) is 4.79 Å². The van der Waals surface area contributed by atoms with E-state index in [2.05, 4.69) is 4.72 Å². The summed E-state index contributed by atoms with van der Waals surface area (Å²) in [5.74, 6) is -3.27. The smallest absolute Gasteiger partial charge is 0.305 e. The van der Waals surface area contributed by atoms with Crippen LogP contribution in [0.2, 0.25) is 0 Å². The van der Waals surface area contributed by atoms with Gasteiger partial charge in [-0.1, -0.05) is 30.3 Å². The summed E-state index contributed by atoms with van der Waals surface area (Å²) >= 11 is 0. The summed E-state index contributed by atoms with van der Waals surface area (Å²) in [6.07, 6.45) is -0.541. The Balaban J connectivity index is 2.38. The number of carbonyl (C=O) groups is 1. The molecule has 0 saturated heterocycles. The zero-order valence-corrected chi connectivity index (χ0v) is 12.6. The van der Waals surface area contributed by atoms with Crippen molar-refractivity contribution in [3.63, 3.8) is 0 Å². The first kappa shape index (κ1) is 17.0. The van der Waals surface area contributed by atoms with Gasteiger partial charge in [0.15, 0.2) is 0 Å². The number of hydrogen-bond acceptors (Lipinski definition) is 3. The summed E-state index contributed by atoms with van der Waals surface area (Å²) in [6, 6.07) is 8.90. The highest BCUT2D eigenvalue weighted by Crippen LogP contribution is 2.22. The van der Waals surface area contributed by atoms with E-state index in [1.54, 1.807) is 18.2 Å². The average Bonchev–Trinajstić information content (AvgIpc) is 2.49. The van der Waals surface area contributed by atoms with E-state index in [9.17, 15) is 22.0 Å². The lowest BCUT2D eigenvalue weighted by atomic mass is 10.1. The Morgan fingerprint density at radius 3 is 2.39 bits per heavy atom. The molecule has 5 nitrogen and oxygen atoms in total. The standard InChI is InChI=1S/C15H13F2NO4S/c16-11-6-7-12(17)14(8-11)23(21,22)18-13(9-15(19)20)10-4-2-1-3-5-10/h1-8,13,18H,9H2,(H,19,20)/t13-/m0/s1.